The fourth-order valence-corrected chi connectivity index (χ4v) is 2.37. The van der Waals surface area contributed by atoms with Crippen LogP contribution in [0.25, 0.3) is 11.1 Å². The Morgan fingerprint density at radius 1 is 0.737 bits per heavy atom. The first-order valence-corrected chi connectivity index (χ1v) is 6.31. The Morgan fingerprint density at radius 2 is 1.32 bits per heavy atom. The number of hydrogen-bond acceptors (Lipinski definition) is 2. The summed E-state index contributed by atoms with van der Waals surface area (Å²) in [7, 11) is 0. The average molecular weight is 250 g/mol. The maximum Gasteiger partial charge on any atom is 0.189 e. The Balaban J connectivity index is 2.18. The molecule has 0 saturated carbocycles. The van der Waals surface area contributed by atoms with E-state index in [4.69, 9.17) is 4.74 Å². The SMILES string of the molecule is O=C1COCC(c2ccccc2)=C1c1ccccc1. The molecule has 19 heavy (non-hydrogen) atoms. The van der Waals surface area contributed by atoms with Crippen LogP contribution < -0.4 is 0 Å². The van der Waals surface area contributed by atoms with E-state index in [-0.39, 0.29) is 12.4 Å². The molecular formula is C17H14O2. The molecule has 1 heterocycles. The molecule has 2 aromatic carbocycles. The van der Waals surface area contributed by atoms with Gasteiger partial charge in [0.25, 0.3) is 0 Å². The number of ether oxygens (including phenoxy) is 1. The first-order valence-electron chi connectivity index (χ1n) is 6.31. The third kappa shape index (κ3) is 2.35. The van der Waals surface area contributed by atoms with Crippen LogP contribution in [0.5, 0.6) is 0 Å². The van der Waals surface area contributed by atoms with Crippen molar-refractivity contribution in [2.45, 2.75) is 0 Å². The molecule has 0 N–H and O–H groups in total. The van der Waals surface area contributed by atoms with Gasteiger partial charge >= 0.3 is 0 Å². The summed E-state index contributed by atoms with van der Waals surface area (Å²) in [6.07, 6.45) is 0. The van der Waals surface area contributed by atoms with Crippen molar-refractivity contribution >= 4 is 16.9 Å². The number of carbonyl (C=O) groups excluding carboxylic acids is 1. The molecule has 0 fully saturated rings. The predicted molar refractivity (Wildman–Crippen MR) is 75.5 cm³/mol. The van der Waals surface area contributed by atoms with E-state index in [0.717, 1.165) is 22.3 Å². The lowest BCUT2D eigenvalue weighted by Crippen LogP contribution is -2.20. The number of ketones is 1. The number of hydrogen-bond donors (Lipinski definition) is 0. The average Bonchev–Trinajstić information content (AvgIpc) is 2.49. The van der Waals surface area contributed by atoms with Crippen molar-refractivity contribution in [3.63, 3.8) is 0 Å². The number of benzene rings is 2. The molecule has 0 aromatic heterocycles. The molecule has 0 radical (unpaired) electrons. The zero-order valence-corrected chi connectivity index (χ0v) is 10.5. The quantitative estimate of drug-likeness (QED) is 0.818. The van der Waals surface area contributed by atoms with Gasteiger partial charge in [0.2, 0.25) is 0 Å². The predicted octanol–water partition coefficient (Wildman–Crippen LogP) is 3.20. The van der Waals surface area contributed by atoms with E-state index in [1.54, 1.807) is 0 Å². The largest absolute Gasteiger partial charge is 0.369 e. The summed E-state index contributed by atoms with van der Waals surface area (Å²) in [5.41, 5.74) is 3.78. The molecule has 0 saturated heterocycles. The first-order chi connectivity index (χ1) is 9.36. The highest BCUT2D eigenvalue weighted by molar-refractivity contribution is 6.29. The molecule has 0 atom stereocenters. The minimum Gasteiger partial charge on any atom is -0.369 e. The number of carbonyl (C=O) groups is 1. The van der Waals surface area contributed by atoms with Gasteiger partial charge in [0.1, 0.15) is 6.61 Å². The lowest BCUT2D eigenvalue weighted by Gasteiger charge is -2.20. The fraction of sp³-hybridized carbons (Fsp3) is 0.118. The second-order valence-corrected chi connectivity index (χ2v) is 4.50. The molecule has 2 aromatic rings. The Hall–Kier alpha value is -2.19. The summed E-state index contributed by atoms with van der Waals surface area (Å²) < 4.78 is 5.39. The molecule has 94 valence electrons. The lowest BCUT2D eigenvalue weighted by molar-refractivity contribution is -0.118. The summed E-state index contributed by atoms with van der Waals surface area (Å²) in [6.45, 7) is 0.653. The van der Waals surface area contributed by atoms with Crippen LogP contribution >= 0.6 is 0 Å². The van der Waals surface area contributed by atoms with E-state index in [1.807, 2.05) is 60.7 Å². The summed E-state index contributed by atoms with van der Waals surface area (Å²) >= 11 is 0. The molecule has 0 unspecified atom stereocenters. The fourth-order valence-electron chi connectivity index (χ4n) is 2.37. The van der Waals surface area contributed by atoms with Crippen molar-refractivity contribution < 1.29 is 9.53 Å². The van der Waals surface area contributed by atoms with Gasteiger partial charge < -0.3 is 4.74 Å². The molecule has 1 aliphatic heterocycles. The van der Waals surface area contributed by atoms with E-state index < -0.39 is 0 Å². The highest BCUT2D eigenvalue weighted by atomic mass is 16.5. The molecular weight excluding hydrogens is 236 g/mol. The topological polar surface area (TPSA) is 26.3 Å². The van der Waals surface area contributed by atoms with Gasteiger partial charge in [-0.1, -0.05) is 60.7 Å². The molecule has 0 aliphatic carbocycles. The van der Waals surface area contributed by atoms with Crippen LogP contribution in [0, 0.1) is 0 Å². The van der Waals surface area contributed by atoms with E-state index in [9.17, 15) is 4.79 Å². The Bertz CT molecular complexity index is 612. The van der Waals surface area contributed by atoms with Crippen molar-refractivity contribution in [1.82, 2.24) is 0 Å². The van der Waals surface area contributed by atoms with Gasteiger partial charge in [-0.3, -0.25) is 4.79 Å². The van der Waals surface area contributed by atoms with Crippen molar-refractivity contribution in [3.05, 3.63) is 71.8 Å². The van der Waals surface area contributed by atoms with Crippen LogP contribution in [0.3, 0.4) is 0 Å². The van der Waals surface area contributed by atoms with Crippen molar-refractivity contribution in [2.75, 3.05) is 13.2 Å². The first kappa shape index (κ1) is 11.9. The third-order valence-electron chi connectivity index (χ3n) is 3.24. The van der Waals surface area contributed by atoms with Gasteiger partial charge in [-0.05, 0) is 16.7 Å². The maximum absolute atomic E-state index is 12.2. The molecule has 1 aliphatic rings. The highest BCUT2D eigenvalue weighted by Gasteiger charge is 2.23. The number of Topliss-reactive ketones (excluding diaryl/α,β-unsaturated/α-hetero) is 1. The van der Waals surface area contributed by atoms with E-state index in [1.165, 1.54) is 0 Å². The molecule has 0 spiro atoms. The van der Waals surface area contributed by atoms with E-state index in [2.05, 4.69) is 0 Å². The van der Waals surface area contributed by atoms with Crippen LogP contribution in [0.15, 0.2) is 60.7 Å². The monoisotopic (exact) mass is 250 g/mol. The van der Waals surface area contributed by atoms with E-state index >= 15 is 0 Å². The molecule has 0 amide bonds. The van der Waals surface area contributed by atoms with Crippen LogP contribution in [0.2, 0.25) is 0 Å². The molecule has 2 nitrogen and oxygen atoms in total. The molecule has 0 bridgehead atoms. The van der Waals surface area contributed by atoms with Gasteiger partial charge in [-0.25, -0.2) is 0 Å². The zero-order valence-electron chi connectivity index (χ0n) is 10.5. The molecule has 3 rings (SSSR count). The highest BCUT2D eigenvalue weighted by Crippen LogP contribution is 2.30. The van der Waals surface area contributed by atoms with Gasteiger partial charge in [-0.15, -0.1) is 0 Å². The zero-order chi connectivity index (χ0) is 13.1. The Kier molecular flexibility index (Phi) is 3.25. The van der Waals surface area contributed by atoms with Gasteiger partial charge in [0.05, 0.1) is 6.61 Å². The standard InChI is InChI=1S/C17H14O2/c18-16-12-19-11-15(13-7-3-1-4-8-13)17(16)14-9-5-2-6-10-14/h1-10H,11-12H2. The van der Waals surface area contributed by atoms with E-state index in [0.29, 0.717) is 6.61 Å². The van der Waals surface area contributed by atoms with Crippen LogP contribution in [-0.2, 0) is 9.53 Å². The van der Waals surface area contributed by atoms with Crippen LogP contribution in [0.4, 0.5) is 0 Å². The second kappa shape index (κ2) is 5.21. The normalized spacial score (nSPS) is 15.7. The van der Waals surface area contributed by atoms with Crippen molar-refractivity contribution in [1.29, 1.82) is 0 Å². The van der Waals surface area contributed by atoms with Gasteiger partial charge in [0.15, 0.2) is 5.78 Å². The summed E-state index contributed by atoms with van der Waals surface area (Å²) in [6, 6.07) is 19.8. The van der Waals surface area contributed by atoms with Crippen LogP contribution in [-0.4, -0.2) is 19.0 Å². The number of rotatable bonds is 2. The lowest BCUT2D eigenvalue weighted by atomic mass is 9.91. The van der Waals surface area contributed by atoms with Crippen molar-refractivity contribution in [3.8, 4) is 0 Å². The third-order valence-corrected chi connectivity index (χ3v) is 3.24. The van der Waals surface area contributed by atoms with Crippen LogP contribution in [0.1, 0.15) is 11.1 Å². The second-order valence-electron chi connectivity index (χ2n) is 4.50. The molecule has 2 heteroatoms. The minimum atomic E-state index is 0.0521. The van der Waals surface area contributed by atoms with Gasteiger partial charge in [-0.2, -0.15) is 0 Å². The Labute approximate surface area is 112 Å². The van der Waals surface area contributed by atoms with Crippen molar-refractivity contribution in [2.24, 2.45) is 0 Å². The summed E-state index contributed by atoms with van der Waals surface area (Å²) in [4.78, 5) is 12.2. The smallest absolute Gasteiger partial charge is 0.189 e. The minimum absolute atomic E-state index is 0.0521. The summed E-state index contributed by atoms with van der Waals surface area (Å²) in [5.74, 6) is 0.0521. The maximum atomic E-state index is 12.2. The Morgan fingerprint density at radius 3 is 1.95 bits per heavy atom. The summed E-state index contributed by atoms with van der Waals surface area (Å²) in [5, 5.41) is 0. The van der Waals surface area contributed by atoms with Gasteiger partial charge in [0, 0.05) is 5.57 Å².